The fourth-order valence-corrected chi connectivity index (χ4v) is 2.92. The molecule has 0 radical (unpaired) electrons. The lowest BCUT2D eigenvalue weighted by Gasteiger charge is -2.35. The Balaban J connectivity index is 0.00000133. The van der Waals surface area contributed by atoms with Gasteiger partial charge in [0.25, 0.3) is 0 Å². The van der Waals surface area contributed by atoms with E-state index in [4.69, 9.17) is 0 Å². The normalized spacial score (nSPS) is 25.3. The molecule has 0 spiro atoms. The summed E-state index contributed by atoms with van der Waals surface area (Å²) in [5.74, 6) is 1.96. The second-order valence-corrected chi connectivity index (χ2v) is 5.48. The van der Waals surface area contributed by atoms with Crippen LogP contribution in [0, 0.1) is 5.92 Å². The summed E-state index contributed by atoms with van der Waals surface area (Å²) in [6.07, 6.45) is 2.59. The predicted molar refractivity (Wildman–Crippen MR) is 89.9 cm³/mol. The number of nitrogens with one attached hydrogen (secondary N) is 1. The van der Waals surface area contributed by atoms with Crippen molar-refractivity contribution in [3.8, 4) is 0 Å². The molecular weight excluding hydrogens is 349 g/mol. The van der Waals surface area contributed by atoms with E-state index in [1.54, 1.807) is 0 Å². The van der Waals surface area contributed by atoms with Crippen molar-refractivity contribution in [1.29, 1.82) is 0 Å². The third-order valence-corrected chi connectivity index (χ3v) is 4.00. The molecule has 1 aromatic rings. The van der Waals surface area contributed by atoms with Gasteiger partial charge in [-0.1, -0.05) is 37.3 Å². The molecule has 3 rings (SSSR count). The van der Waals surface area contributed by atoms with Crippen molar-refractivity contribution in [1.82, 2.24) is 10.2 Å². The molecule has 0 aromatic heterocycles. The number of fused-ring (bicyclic) bond motifs is 1. The lowest BCUT2D eigenvalue weighted by Crippen LogP contribution is -2.47. The van der Waals surface area contributed by atoms with Crippen molar-refractivity contribution in [2.24, 2.45) is 10.9 Å². The van der Waals surface area contributed by atoms with Crippen LogP contribution in [-0.4, -0.2) is 30.0 Å². The van der Waals surface area contributed by atoms with Crippen LogP contribution in [0.4, 0.5) is 0 Å². The molecule has 3 nitrogen and oxygen atoms in total. The van der Waals surface area contributed by atoms with Crippen molar-refractivity contribution < 1.29 is 0 Å². The summed E-state index contributed by atoms with van der Waals surface area (Å²) in [4.78, 5) is 7.12. The number of hydrogen-bond donors (Lipinski definition) is 1. The van der Waals surface area contributed by atoms with Gasteiger partial charge in [-0.25, -0.2) is 0 Å². The molecule has 0 unspecified atom stereocenters. The quantitative estimate of drug-likeness (QED) is 0.810. The van der Waals surface area contributed by atoms with Crippen LogP contribution in [0.25, 0.3) is 0 Å². The van der Waals surface area contributed by atoms with Crippen LogP contribution in [0.2, 0.25) is 0 Å². The number of guanidine groups is 1. The van der Waals surface area contributed by atoms with Gasteiger partial charge in [0.2, 0.25) is 0 Å². The highest BCUT2D eigenvalue weighted by Gasteiger charge is 2.32. The van der Waals surface area contributed by atoms with Crippen molar-refractivity contribution in [2.75, 3.05) is 13.1 Å². The minimum atomic E-state index is 0. The first-order valence-electron chi connectivity index (χ1n) is 6.92. The molecular formula is C15H22IN3. The Hall–Kier alpha value is -0.780. The molecule has 2 aliphatic rings. The zero-order valence-corrected chi connectivity index (χ0v) is 13.7. The van der Waals surface area contributed by atoms with Gasteiger partial charge in [0.05, 0.1) is 12.6 Å². The number of rotatable bonds is 2. The molecule has 4 heteroatoms. The summed E-state index contributed by atoms with van der Waals surface area (Å²) in [5, 5.41) is 3.49. The van der Waals surface area contributed by atoms with E-state index in [-0.39, 0.29) is 24.0 Å². The van der Waals surface area contributed by atoms with Gasteiger partial charge in [-0.2, -0.15) is 0 Å². The minimum Gasteiger partial charge on any atom is -0.352 e. The molecule has 2 aliphatic heterocycles. The van der Waals surface area contributed by atoms with E-state index in [0.717, 1.165) is 31.5 Å². The Morgan fingerprint density at radius 1 is 1.32 bits per heavy atom. The zero-order valence-electron chi connectivity index (χ0n) is 11.4. The molecule has 0 aliphatic carbocycles. The first-order valence-corrected chi connectivity index (χ1v) is 6.92. The smallest absolute Gasteiger partial charge is 0.194 e. The Kier molecular flexibility index (Phi) is 5.07. The maximum Gasteiger partial charge on any atom is 0.194 e. The number of hydrogen-bond acceptors (Lipinski definition) is 3. The summed E-state index contributed by atoms with van der Waals surface area (Å²) in [5.41, 5.74) is 1.31. The number of nitrogens with zero attached hydrogens (tertiary/aromatic N) is 2. The second kappa shape index (κ2) is 6.59. The molecule has 1 saturated heterocycles. The van der Waals surface area contributed by atoms with Gasteiger partial charge >= 0.3 is 0 Å². The van der Waals surface area contributed by atoms with Crippen molar-refractivity contribution >= 4 is 29.9 Å². The monoisotopic (exact) mass is 371 g/mol. The van der Waals surface area contributed by atoms with Crippen LogP contribution in [0.5, 0.6) is 0 Å². The van der Waals surface area contributed by atoms with E-state index in [0.29, 0.717) is 6.04 Å². The molecule has 0 bridgehead atoms. The fourth-order valence-electron chi connectivity index (χ4n) is 2.92. The van der Waals surface area contributed by atoms with Gasteiger partial charge in [0, 0.05) is 13.1 Å². The summed E-state index contributed by atoms with van der Waals surface area (Å²) in [6, 6.07) is 11.2. The average Bonchev–Trinajstić information content (AvgIpc) is 2.80. The number of benzene rings is 1. The summed E-state index contributed by atoms with van der Waals surface area (Å²) in [7, 11) is 0. The summed E-state index contributed by atoms with van der Waals surface area (Å²) in [6.45, 7) is 5.36. The van der Waals surface area contributed by atoms with Crippen LogP contribution >= 0.6 is 24.0 Å². The lowest BCUT2D eigenvalue weighted by molar-refractivity contribution is 0.213. The Morgan fingerprint density at radius 2 is 2.11 bits per heavy atom. The van der Waals surface area contributed by atoms with Crippen molar-refractivity contribution in [2.45, 2.75) is 32.4 Å². The Morgan fingerprint density at radius 3 is 2.89 bits per heavy atom. The highest BCUT2D eigenvalue weighted by atomic mass is 127. The third kappa shape index (κ3) is 3.41. The van der Waals surface area contributed by atoms with Crippen LogP contribution in [0.1, 0.15) is 25.3 Å². The summed E-state index contributed by atoms with van der Waals surface area (Å²) < 4.78 is 0. The second-order valence-electron chi connectivity index (χ2n) is 5.48. The van der Waals surface area contributed by atoms with E-state index in [2.05, 4.69) is 52.5 Å². The van der Waals surface area contributed by atoms with Gasteiger partial charge in [-0.05, 0) is 24.3 Å². The molecule has 104 valence electrons. The average molecular weight is 371 g/mol. The maximum absolute atomic E-state index is 4.66. The van der Waals surface area contributed by atoms with Crippen LogP contribution in [-0.2, 0) is 6.54 Å². The molecule has 1 fully saturated rings. The highest BCUT2D eigenvalue weighted by molar-refractivity contribution is 14.0. The predicted octanol–water partition coefficient (Wildman–Crippen LogP) is 2.86. The minimum absolute atomic E-state index is 0. The topological polar surface area (TPSA) is 27.6 Å². The highest BCUT2D eigenvalue weighted by Crippen LogP contribution is 2.25. The molecule has 19 heavy (non-hydrogen) atoms. The van der Waals surface area contributed by atoms with E-state index in [9.17, 15) is 0 Å². The first-order chi connectivity index (χ1) is 8.83. The van der Waals surface area contributed by atoms with Crippen LogP contribution in [0.15, 0.2) is 35.3 Å². The lowest BCUT2D eigenvalue weighted by atomic mass is 9.93. The largest absolute Gasteiger partial charge is 0.352 e. The van der Waals surface area contributed by atoms with E-state index >= 15 is 0 Å². The molecule has 2 heterocycles. The Labute approximate surface area is 132 Å². The number of aliphatic imine (C=N–C) groups is 1. The SMILES string of the molecule is C[C@@H]1CCN2C(NCc3ccccc3)=NC[C@@H]2C1.I. The first kappa shape index (κ1) is 14.6. The van der Waals surface area contributed by atoms with Gasteiger partial charge in [-0.3, -0.25) is 4.99 Å². The zero-order chi connectivity index (χ0) is 12.4. The van der Waals surface area contributed by atoms with Gasteiger partial charge < -0.3 is 10.2 Å². The maximum atomic E-state index is 4.66. The number of halogens is 1. The number of piperidine rings is 1. The molecule has 1 aromatic carbocycles. The van der Waals surface area contributed by atoms with Gasteiger partial charge in [0.1, 0.15) is 0 Å². The fraction of sp³-hybridized carbons (Fsp3) is 0.533. The van der Waals surface area contributed by atoms with Crippen LogP contribution < -0.4 is 5.32 Å². The Bertz CT molecular complexity index is 432. The molecule has 2 atom stereocenters. The van der Waals surface area contributed by atoms with E-state index in [1.807, 2.05) is 0 Å². The van der Waals surface area contributed by atoms with Gasteiger partial charge in [0.15, 0.2) is 5.96 Å². The molecule has 1 N–H and O–H groups in total. The third-order valence-electron chi connectivity index (χ3n) is 4.00. The van der Waals surface area contributed by atoms with Gasteiger partial charge in [-0.15, -0.1) is 24.0 Å². The van der Waals surface area contributed by atoms with E-state index in [1.165, 1.54) is 18.4 Å². The summed E-state index contributed by atoms with van der Waals surface area (Å²) >= 11 is 0. The standard InChI is InChI=1S/C15H21N3.HI/c1-12-7-8-18-14(9-12)11-17-15(18)16-10-13-5-3-2-4-6-13;/h2-6,12,14H,7-11H2,1H3,(H,16,17);1H/t12-,14+;/m1./s1. The molecule has 0 saturated carbocycles. The molecule has 0 amide bonds. The van der Waals surface area contributed by atoms with E-state index < -0.39 is 0 Å². The van der Waals surface area contributed by atoms with Crippen LogP contribution in [0.3, 0.4) is 0 Å². The van der Waals surface area contributed by atoms with Crippen molar-refractivity contribution in [3.63, 3.8) is 0 Å². The van der Waals surface area contributed by atoms with Crippen molar-refractivity contribution in [3.05, 3.63) is 35.9 Å².